The lowest BCUT2D eigenvalue weighted by Gasteiger charge is -2.34. The van der Waals surface area contributed by atoms with E-state index in [1.165, 1.54) is 11.0 Å². The smallest absolute Gasteiger partial charge is 0.407 e. The van der Waals surface area contributed by atoms with Crippen LogP contribution in [0.2, 0.25) is 5.15 Å². The summed E-state index contributed by atoms with van der Waals surface area (Å²) in [5, 5.41) is 3.21. The molecule has 0 saturated heterocycles. The molecule has 1 unspecified atom stereocenters. The molecule has 0 aliphatic rings. The van der Waals surface area contributed by atoms with Crippen LogP contribution in [-0.4, -0.2) is 40.6 Å². The summed E-state index contributed by atoms with van der Waals surface area (Å²) in [6, 6.07) is 12.0. The molecule has 1 N–H and O–H groups in total. The average Bonchev–Trinajstić information content (AvgIpc) is 2.84. The first kappa shape index (κ1) is 28.9. The molecule has 1 atom stereocenters. The summed E-state index contributed by atoms with van der Waals surface area (Å²) in [7, 11) is 0. The van der Waals surface area contributed by atoms with Crippen molar-refractivity contribution in [1.29, 1.82) is 0 Å². The minimum Gasteiger partial charge on any atom is -0.448 e. The van der Waals surface area contributed by atoms with Gasteiger partial charge in [0, 0.05) is 17.5 Å². The molecular formula is C29H34ClN3O5. The molecule has 8 nitrogen and oxygen atoms in total. The zero-order chi connectivity index (χ0) is 28.0. The molecular weight excluding hydrogens is 506 g/mol. The van der Waals surface area contributed by atoms with Crippen molar-refractivity contribution in [3.8, 4) is 0 Å². The van der Waals surface area contributed by atoms with Crippen molar-refractivity contribution in [3.63, 3.8) is 0 Å². The van der Waals surface area contributed by atoms with Crippen molar-refractivity contribution >= 4 is 34.7 Å². The van der Waals surface area contributed by atoms with Crippen molar-refractivity contribution in [2.45, 2.75) is 52.6 Å². The first-order valence-electron chi connectivity index (χ1n) is 12.4. The molecule has 202 valence electrons. The highest BCUT2D eigenvalue weighted by atomic mass is 35.5. The maximum Gasteiger partial charge on any atom is 0.407 e. The van der Waals surface area contributed by atoms with E-state index >= 15 is 0 Å². The summed E-state index contributed by atoms with van der Waals surface area (Å²) >= 11 is 6.11. The van der Waals surface area contributed by atoms with E-state index in [1.54, 1.807) is 12.1 Å². The van der Waals surface area contributed by atoms with Crippen LogP contribution in [0.4, 0.5) is 4.79 Å². The number of halogens is 1. The predicted molar refractivity (Wildman–Crippen MR) is 148 cm³/mol. The molecule has 2 aromatic heterocycles. The molecule has 0 saturated carbocycles. The number of nitrogens with zero attached hydrogens (tertiary/aromatic N) is 2. The highest BCUT2D eigenvalue weighted by Crippen LogP contribution is 2.33. The minimum absolute atomic E-state index is 0.0563. The maximum absolute atomic E-state index is 13.7. The Hall–Kier alpha value is -3.65. The second kappa shape index (κ2) is 12.3. The number of alkyl carbamates (subject to hydrolysis) is 1. The average molecular weight is 540 g/mol. The van der Waals surface area contributed by atoms with E-state index in [9.17, 15) is 14.4 Å². The second-order valence-corrected chi connectivity index (χ2v) is 10.7. The van der Waals surface area contributed by atoms with Gasteiger partial charge in [0.15, 0.2) is 5.43 Å². The predicted octanol–water partition coefficient (Wildman–Crippen LogP) is 5.67. The third-order valence-corrected chi connectivity index (χ3v) is 6.02. The van der Waals surface area contributed by atoms with Crippen molar-refractivity contribution in [3.05, 3.63) is 87.4 Å². The van der Waals surface area contributed by atoms with Crippen LogP contribution in [0.15, 0.2) is 64.3 Å². The Bertz CT molecular complexity index is 1360. The molecule has 3 rings (SSSR count). The van der Waals surface area contributed by atoms with Gasteiger partial charge in [0.1, 0.15) is 17.5 Å². The second-order valence-electron chi connectivity index (χ2n) is 10.4. The van der Waals surface area contributed by atoms with Crippen molar-refractivity contribution < 1.29 is 18.7 Å². The van der Waals surface area contributed by atoms with Gasteiger partial charge in [-0.3, -0.25) is 9.59 Å². The van der Waals surface area contributed by atoms with E-state index in [-0.39, 0.29) is 35.4 Å². The Morgan fingerprint density at radius 2 is 1.87 bits per heavy atom. The normalized spacial score (nSPS) is 12.3. The number of hydrogen-bond donors (Lipinski definition) is 1. The van der Waals surface area contributed by atoms with Crippen LogP contribution in [0.1, 0.15) is 57.5 Å². The fourth-order valence-corrected chi connectivity index (χ4v) is 4.34. The largest absolute Gasteiger partial charge is 0.448 e. The molecule has 3 aromatic rings. The number of rotatable bonds is 9. The number of ether oxygens (including phenoxy) is 1. The minimum atomic E-state index is -0.675. The van der Waals surface area contributed by atoms with Gasteiger partial charge in [-0.25, -0.2) is 9.78 Å². The molecule has 2 heterocycles. The Morgan fingerprint density at radius 3 is 2.47 bits per heavy atom. The quantitative estimate of drug-likeness (QED) is 0.278. The van der Waals surface area contributed by atoms with Crippen molar-refractivity contribution in [2.75, 3.05) is 13.2 Å². The number of amides is 2. The number of hydrogen-bond acceptors (Lipinski definition) is 6. The molecule has 0 aliphatic heterocycles. The summed E-state index contributed by atoms with van der Waals surface area (Å²) in [6.07, 6.45) is 0.891. The van der Waals surface area contributed by atoms with Crippen LogP contribution in [0.3, 0.4) is 0 Å². The number of carbonyl (C=O) groups is 2. The van der Waals surface area contributed by atoms with Crippen LogP contribution in [0, 0.1) is 5.92 Å². The summed E-state index contributed by atoms with van der Waals surface area (Å²) < 4.78 is 11.6. The molecule has 0 fully saturated rings. The lowest BCUT2D eigenvalue weighted by molar-refractivity contribution is -0.130. The van der Waals surface area contributed by atoms with E-state index in [0.29, 0.717) is 23.1 Å². The van der Waals surface area contributed by atoms with E-state index in [1.807, 2.05) is 65.0 Å². The lowest BCUT2D eigenvalue weighted by Crippen LogP contribution is -2.43. The number of aromatic nitrogens is 1. The number of nitrogens with one attached hydrogen (secondary N) is 1. The number of pyridine rings is 1. The van der Waals surface area contributed by atoms with Gasteiger partial charge in [-0.1, -0.05) is 62.4 Å². The van der Waals surface area contributed by atoms with Crippen LogP contribution in [0.5, 0.6) is 0 Å². The summed E-state index contributed by atoms with van der Waals surface area (Å²) in [5.74, 6) is -0.266. The van der Waals surface area contributed by atoms with Gasteiger partial charge in [0.25, 0.3) is 0 Å². The third-order valence-electron chi connectivity index (χ3n) is 5.81. The Labute approximate surface area is 227 Å². The molecule has 0 aliphatic carbocycles. The van der Waals surface area contributed by atoms with Crippen LogP contribution < -0.4 is 10.7 Å². The zero-order valence-electron chi connectivity index (χ0n) is 22.4. The Kier molecular flexibility index (Phi) is 9.33. The summed E-state index contributed by atoms with van der Waals surface area (Å²) in [4.78, 5) is 44.8. The molecule has 2 amide bonds. The highest BCUT2D eigenvalue weighted by molar-refractivity contribution is 6.29. The SMILES string of the molecule is C=CC(=O)N(CCOC(=O)NC(C)(C)C)C(c1oc2nc(Cl)ccc2c(=O)c1Cc1ccccc1)C(C)C. The summed E-state index contributed by atoms with van der Waals surface area (Å²) in [6.45, 7) is 13.0. The van der Waals surface area contributed by atoms with Gasteiger partial charge >= 0.3 is 6.09 Å². The maximum atomic E-state index is 13.7. The Morgan fingerprint density at radius 1 is 1.18 bits per heavy atom. The van der Waals surface area contributed by atoms with Gasteiger partial charge < -0.3 is 19.4 Å². The Balaban J connectivity index is 2.10. The van der Waals surface area contributed by atoms with Crippen molar-refractivity contribution in [2.24, 2.45) is 5.92 Å². The molecule has 9 heteroatoms. The standard InChI is InChI=1S/C29H34ClN3O5/c1-7-23(34)33(15-16-37-28(36)32-29(4,5)6)24(18(2)3)26-21(17-19-11-9-8-10-12-19)25(35)20-13-14-22(30)31-27(20)38-26/h7-14,18,24H,1,15-17H2,2-6H3,(H,32,36). The monoisotopic (exact) mass is 539 g/mol. The molecule has 38 heavy (non-hydrogen) atoms. The van der Waals surface area contributed by atoms with Crippen LogP contribution >= 0.6 is 11.6 Å². The van der Waals surface area contributed by atoms with Gasteiger partial charge in [0.2, 0.25) is 11.6 Å². The molecule has 1 aromatic carbocycles. The first-order chi connectivity index (χ1) is 17.9. The van der Waals surface area contributed by atoms with Gasteiger partial charge in [-0.15, -0.1) is 0 Å². The van der Waals surface area contributed by atoms with E-state index < -0.39 is 23.6 Å². The van der Waals surface area contributed by atoms with Gasteiger partial charge in [-0.2, -0.15) is 0 Å². The van der Waals surface area contributed by atoms with E-state index in [0.717, 1.165) is 5.56 Å². The van der Waals surface area contributed by atoms with Crippen molar-refractivity contribution in [1.82, 2.24) is 15.2 Å². The van der Waals surface area contributed by atoms with E-state index in [4.69, 9.17) is 20.8 Å². The number of fused-ring (bicyclic) bond motifs is 1. The third kappa shape index (κ3) is 7.22. The van der Waals surface area contributed by atoms with Gasteiger partial charge in [-0.05, 0) is 50.5 Å². The molecule has 0 radical (unpaired) electrons. The molecule has 0 spiro atoms. The van der Waals surface area contributed by atoms with Crippen LogP contribution in [-0.2, 0) is 16.0 Å². The number of benzene rings is 1. The first-order valence-corrected chi connectivity index (χ1v) is 12.8. The molecule has 0 bridgehead atoms. The topological polar surface area (TPSA) is 102 Å². The van der Waals surface area contributed by atoms with Gasteiger partial charge in [0.05, 0.1) is 18.0 Å². The highest BCUT2D eigenvalue weighted by Gasteiger charge is 2.33. The zero-order valence-corrected chi connectivity index (χ0v) is 23.2. The lowest BCUT2D eigenvalue weighted by atomic mass is 9.92. The number of carbonyl (C=O) groups excluding carboxylic acids is 2. The van der Waals surface area contributed by atoms with E-state index in [2.05, 4.69) is 16.9 Å². The fourth-order valence-electron chi connectivity index (χ4n) is 4.20. The fraction of sp³-hybridized carbons (Fsp3) is 0.379. The summed E-state index contributed by atoms with van der Waals surface area (Å²) in [5.41, 5.74) is 0.704. The van der Waals surface area contributed by atoms with Crippen LogP contribution in [0.25, 0.3) is 11.1 Å².